The highest BCUT2D eigenvalue weighted by molar-refractivity contribution is 6.01. The minimum atomic E-state index is -0.874. The van der Waals surface area contributed by atoms with Crippen LogP contribution in [0.2, 0.25) is 0 Å². The van der Waals surface area contributed by atoms with E-state index in [4.69, 9.17) is 10.5 Å². The summed E-state index contributed by atoms with van der Waals surface area (Å²) in [5.41, 5.74) is 4.99. The first-order valence-electron chi connectivity index (χ1n) is 11.1. The average molecular weight is 489 g/mol. The molecule has 0 aliphatic carbocycles. The number of hydrogen-bond acceptors (Lipinski definition) is 8. The minimum Gasteiger partial charge on any atom is -0.457 e. The summed E-state index contributed by atoms with van der Waals surface area (Å²) in [5, 5.41) is 0.433. The summed E-state index contributed by atoms with van der Waals surface area (Å²) in [6, 6.07) is 15.7. The van der Waals surface area contributed by atoms with Crippen LogP contribution in [0.3, 0.4) is 0 Å². The van der Waals surface area contributed by atoms with Gasteiger partial charge in [-0.1, -0.05) is 42.5 Å². The van der Waals surface area contributed by atoms with Gasteiger partial charge in [-0.2, -0.15) is 0 Å². The number of Topliss-reactive ketones (excluding diaryl/α,β-unsaturated/α-hetero) is 1. The van der Waals surface area contributed by atoms with E-state index in [1.807, 2.05) is 6.07 Å². The van der Waals surface area contributed by atoms with E-state index in [0.717, 1.165) is 14.7 Å². The highest BCUT2D eigenvalue weighted by Crippen LogP contribution is 2.10. The second-order valence-electron chi connectivity index (χ2n) is 8.09. The zero-order chi connectivity index (χ0) is 25.8. The predicted octanol–water partition coefficient (Wildman–Crippen LogP) is 0.773. The maximum Gasteiger partial charge on any atom is 0.332 e. The third kappa shape index (κ3) is 4.99. The second-order valence-corrected chi connectivity index (χ2v) is 8.09. The third-order valence-corrected chi connectivity index (χ3v) is 5.64. The van der Waals surface area contributed by atoms with Crippen LogP contribution in [0.4, 0.5) is 5.82 Å². The van der Waals surface area contributed by atoms with Crippen LogP contribution in [0.5, 0.6) is 0 Å². The van der Waals surface area contributed by atoms with Gasteiger partial charge in [0.2, 0.25) is 5.78 Å². The maximum atomic E-state index is 12.8. The number of benzene rings is 2. The molecule has 2 aromatic heterocycles. The topological polar surface area (TPSA) is 159 Å². The third-order valence-electron chi connectivity index (χ3n) is 5.64. The van der Waals surface area contributed by atoms with Gasteiger partial charge in [0.25, 0.3) is 11.1 Å². The Bertz CT molecular complexity index is 1640. The lowest BCUT2D eigenvalue weighted by Gasteiger charge is -2.14. The number of anilines is 1. The summed E-state index contributed by atoms with van der Waals surface area (Å²) in [4.78, 5) is 69.3. The quantitative estimate of drug-likeness (QED) is 0.271. The van der Waals surface area contributed by atoms with Crippen LogP contribution < -0.4 is 22.5 Å². The predicted molar refractivity (Wildman–Crippen MR) is 132 cm³/mol. The second kappa shape index (κ2) is 10.2. The molecule has 0 atom stereocenters. The van der Waals surface area contributed by atoms with Gasteiger partial charge in [0.05, 0.1) is 23.9 Å². The molecule has 0 amide bonds. The van der Waals surface area contributed by atoms with Gasteiger partial charge in [-0.15, -0.1) is 0 Å². The monoisotopic (exact) mass is 489 g/mol. The van der Waals surface area contributed by atoms with E-state index in [9.17, 15) is 24.0 Å². The van der Waals surface area contributed by atoms with Crippen molar-refractivity contribution in [3.05, 3.63) is 103 Å². The number of carbonyl (C=O) groups is 2. The van der Waals surface area contributed by atoms with Crippen LogP contribution in [0, 0.1) is 0 Å². The number of nitrogens with two attached hydrogens (primary N) is 1. The highest BCUT2D eigenvalue weighted by atomic mass is 16.5. The standard InChI is InChI=1S/C25H23N5O6/c1-29-24(34)21(22(26)30(25(29)35)13-15-7-3-2-4-8-15)18(31)14-36-20(32)12-11-19-27-17-10-6-5-9-16(17)23(33)28-19/h2-10H,11-14,26H2,1H3,(H,27,28,33). The molecule has 184 valence electrons. The molecule has 0 aliphatic rings. The number of esters is 1. The van der Waals surface area contributed by atoms with Crippen molar-refractivity contribution in [2.75, 3.05) is 12.3 Å². The number of aromatic amines is 1. The van der Waals surface area contributed by atoms with Gasteiger partial charge in [-0.05, 0) is 17.7 Å². The molecule has 0 radical (unpaired) electrons. The van der Waals surface area contributed by atoms with Crippen molar-refractivity contribution >= 4 is 28.5 Å². The normalized spacial score (nSPS) is 10.9. The van der Waals surface area contributed by atoms with Gasteiger partial charge in [0.1, 0.15) is 17.2 Å². The Morgan fingerprint density at radius 1 is 1.03 bits per heavy atom. The molecule has 11 heteroatoms. The SMILES string of the molecule is Cn1c(=O)c(C(=O)COC(=O)CCc2nc3ccccc3c(=O)[nH]2)c(N)n(Cc2ccccc2)c1=O. The molecule has 0 saturated carbocycles. The number of nitrogens with one attached hydrogen (secondary N) is 1. The lowest BCUT2D eigenvalue weighted by Crippen LogP contribution is -2.43. The zero-order valence-corrected chi connectivity index (χ0v) is 19.4. The van der Waals surface area contributed by atoms with Crippen LogP contribution in [-0.2, 0) is 29.5 Å². The lowest BCUT2D eigenvalue weighted by atomic mass is 10.2. The molecular formula is C25H23N5O6. The Balaban J connectivity index is 1.46. The first-order chi connectivity index (χ1) is 17.3. The summed E-state index contributed by atoms with van der Waals surface area (Å²) in [5.74, 6) is -1.56. The molecular weight excluding hydrogens is 466 g/mol. The molecule has 2 aromatic carbocycles. The molecule has 0 aliphatic heterocycles. The number of rotatable bonds is 8. The Labute approximate surface area is 203 Å². The van der Waals surface area contributed by atoms with Crippen LogP contribution >= 0.6 is 0 Å². The maximum absolute atomic E-state index is 12.8. The zero-order valence-electron chi connectivity index (χ0n) is 19.4. The van der Waals surface area contributed by atoms with E-state index >= 15 is 0 Å². The van der Waals surface area contributed by atoms with Crippen molar-refractivity contribution in [2.24, 2.45) is 7.05 Å². The van der Waals surface area contributed by atoms with Gasteiger partial charge >= 0.3 is 11.7 Å². The number of para-hydroxylation sites is 1. The van der Waals surface area contributed by atoms with E-state index in [2.05, 4.69) is 9.97 Å². The van der Waals surface area contributed by atoms with E-state index in [1.165, 1.54) is 7.05 Å². The number of hydrogen-bond donors (Lipinski definition) is 2. The Morgan fingerprint density at radius 2 is 1.72 bits per heavy atom. The van der Waals surface area contributed by atoms with Crippen LogP contribution in [0.25, 0.3) is 10.9 Å². The van der Waals surface area contributed by atoms with E-state index in [0.29, 0.717) is 16.7 Å². The molecule has 2 heterocycles. The molecule has 0 saturated heterocycles. The number of H-pyrrole nitrogens is 1. The molecule has 0 bridgehead atoms. The van der Waals surface area contributed by atoms with Gasteiger partial charge < -0.3 is 15.5 Å². The summed E-state index contributed by atoms with van der Waals surface area (Å²) in [6.45, 7) is -0.680. The van der Waals surface area contributed by atoms with Crippen molar-refractivity contribution < 1.29 is 14.3 Å². The van der Waals surface area contributed by atoms with Gasteiger partial charge in [-0.25, -0.2) is 9.78 Å². The summed E-state index contributed by atoms with van der Waals surface area (Å²) in [7, 11) is 1.24. The van der Waals surface area contributed by atoms with Crippen molar-refractivity contribution in [1.29, 1.82) is 0 Å². The van der Waals surface area contributed by atoms with E-state index < -0.39 is 35.2 Å². The Morgan fingerprint density at radius 3 is 2.47 bits per heavy atom. The van der Waals surface area contributed by atoms with Gasteiger partial charge in [0.15, 0.2) is 6.61 Å². The molecule has 0 unspecified atom stereocenters. The summed E-state index contributed by atoms with van der Waals surface area (Å²) >= 11 is 0. The number of nitrogen functional groups attached to an aromatic ring is 1. The number of fused-ring (bicyclic) bond motifs is 1. The number of carbonyl (C=O) groups excluding carboxylic acids is 2. The summed E-state index contributed by atoms with van der Waals surface area (Å²) in [6.07, 6.45) is -0.0749. The van der Waals surface area contributed by atoms with Crippen LogP contribution in [0.15, 0.2) is 69.0 Å². The van der Waals surface area contributed by atoms with E-state index in [1.54, 1.807) is 48.5 Å². The fraction of sp³-hybridized carbons (Fsp3) is 0.200. The molecule has 4 aromatic rings. The molecule has 0 fully saturated rings. The molecule has 0 spiro atoms. The van der Waals surface area contributed by atoms with Crippen molar-refractivity contribution in [3.63, 3.8) is 0 Å². The van der Waals surface area contributed by atoms with Crippen LogP contribution in [0.1, 0.15) is 28.2 Å². The van der Waals surface area contributed by atoms with Crippen molar-refractivity contribution in [2.45, 2.75) is 19.4 Å². The fourth-order valence-electron chi connectivity index (χ4n) is 3.73. The Kier molecular flexibility index (Phi) is 6.91. The highest BCUT2D eigenvalue weighted by Gasteiger charge is 2.23. The van der Waals surface area contributed by atoms with E-state index in [-0.39, 0.29) is 30.8 Å². The number of nitrogens with zero attached hydrogens (tertiary/aromatic N) is 3. The Hall–Kier alpha value is -4.80. The van der Waals surface area contributed by atoms with Crippen molar-refractivity contribution in [1.82, 2.24) is 19.1 Å². The van der Waals surface area contributed by atoms with Gasteiger partial charge in [-0.3, -0.25) is 28.3 Å². The molecule has 36 heavy (non-hydrogen) atoms. The largest absolute Gasteiger partial charge is 0.457 e. The lowest BCUT2D eigenvalue weighted by molar-refractivity contribution is -0.142. The van der Waals surface area contributed by atoms with Crippen LogP contribution in [-0.4, -0.2) is 37.5 Å². The first-order valence-corrected chi connectivity index (χ1v) is 11.1. The first kappa shape index (κ1) is 24.3. The molecule has 11 nitrogen and oxygen atoms in total. The molecule has 3 N–H and O–H groups in total. The molecule has 4 rings (SSSR count). The van der Waals surface area contributed by atoms with Crippen molar-refractivity contribution in [3.8, 4) is 0 Å². The smallest absolute Gasteiger partial charge is 0.332 e. The number of ketones is 1. The fourth-order valence-corrected chi connectivity index (χ4v) is 3.73. The minimum absolute atomic E-state index is 0.0522. The number of aromatic nitrogens is 4. The van der Waals surface area contributed by atoms with Gasteiger partial charge in [0, 0.05) is 13.5 Å². The number of aryl methyl sites for hydroxylation is 1. The average Bonchev–Trinajstić information content (AvgIpc) is 2.88. The summed E-state index contributed by atoms with van der Waals surface area (Å²) < 4.78 is 6.94. The number of ether oxygens (including phenoxy) is 1.